The summed E-state index contributed by atoms with van der Waals surface area (Å²) in [5, 5.41) is 8.46. The molecule has 134 valence electrons. The van der Waals surface area contributed by atoms with Gasteiger partial charge in [-0.15, -0.1) is 10.2 Å². The molecule has 0 saturated heterocycles. The summed E-state index contributed by atoms with van der Waals surface area (Å²) >= 11 is 1.24. The van der Waals surface area contributed by atoms with Crippen molar-refractivity contribution in [3.8, 4) is 17.1 Å². The number of primary amides is 1. The van der Waals surface area contributed by atoms with Crippen LogP contribution in [-0.4, -0.2) is 25.9 Å². The lowest BCUT2D eigenvalue weighted by atomic mass is 10.2. The Labute approximate surface area is 155 Å². The minimum absolute atomic E-state index is 0.347. The van der Waals surface area contributed by atoms with Gasteiger partial charge in [-0.25, -0.2) is 4.39 Å². The first kappa shape index (κ1) is 18.1. The number of nitrogens with two attached hydrogens (primary N) is 1. The molecule has 0 radical (unpaired) electrons. The monoisotopic (exact) mass is 370 g/mol. The predicted molar refractivity (Wildman–Crippen MR) is 101 cm³/mol. The molecular weight excluding hydrogens is 351 g/mol. The third kappa shape index (κ3) is 3.62. The summed E-state index contributed by atoms with van der Waals surface area (Å²) in [4.78, 5) is 11.6. The van der Waals surface area contributed by atoms with E-state index in [0.717, 1.165) is 11.3 Å². The fourth-order valence-electron chi connectivity index (χ4n) is 2.56. The number of aromatic nitrogens is 3. The average Bonchev–Trinajstić information content (AvgIpc) is 3.04. The Balaban J connectivity index is 2.15. The molecule has 0 spiro atoms. The van der Waals surface area contributed by atoms with Gasteiger partial charge in [0.25, 0.3) is 0 Å². The van der Waals surface area contributed by atoms with Gasteiger partial charge in [-0.2, -0.15) is 0 Å². The number of hydrogen-bond acceptors (Lipinski definition) is 4. The van der Waals surface area contributed by atoms with Crippen LogP contribution in [0.5, 0.6) is 0 Å². The van der Waals surface area contributed by atoms with E-state index in [9.17, 15) is 9.18 Å². The van der Waals surface area contributed by atoms with E-state index < -0.39 is 11.2 Å². The van der Waals surface area contributed by atoms with Gasteiger partial charge in [0.1, 0.15) is 5.82 Å². The topological polar surface area (TPSA) is 73.8 Å². The van der Waals surface area contributed by atoms with Crippen LogP contribution in [0.1, 0.15) is 18.9 Å². The fourth-order valence-corrected chi connectivity index (χ4v) is 3.48. The summed E-state index contributed by atoms with van der Waals surface area (Å²) in [5.41, 5.74) is 7.71. The zero-order valence-electron chi connectivity index (χ0n) is 14.5. The highest BCUT2D eigenvalue weighted by molar-refractivity contribution is 8.00. The van der Waals surface area contributed by atoms with Crippen molar-refractivity contribution in [2.24, 2.45) is 5.73 Å². The predicted octanol–water partition coefficient (Wildman–Crippen LogP) is 3.74. The number of halogens is 1. The van der Waals surface area contributed by atoms with Gasteiger partial charge in [-0.05, 0) is 37.6 Å². The van der Waals surface area contributed by atoms with E-state index in [1.54, 1.807) is 22.8 Å². The van der Waals surface area contributed by atoms with E-state index in [4.69, 9.17) is 5.73 Å². The number of thioether (sulfide) groups is 1. The third-order valence-corrected chi connectivity index (χ3v) is 5.30. The molecule has 1 amide bonds. The van der Waals surface area contributed by atoms with Crippen molar-refractivity contribution in [3.63, 3.8) is 0 Å². The maximum Gasteiger partial charge on any atom is 0.231 e. The summed E-state index contributed by atoms with van der Waals surface area (Å²) in [6, 6.07) is 14.2. The SMILES string of the molecule is CCC(Sc1nnc(-c2ccccc2F)n1-c1ccc(C)cc1)C(N)=O. The summed E-state index contributed by atoms with van der Waals surface area (Å²) in [6.45, 7) is 3.87. The zero-order chi connectivity index (χ0) is 18.7. The number of hydrogen-bond donors (Lipinski definition) is 1. The maximum atomic E-state index is 14.3. The van der Waals surface area contributed by atoms with Gasteiger partial charge >= 0.3 is 0 Å². The Hall–Kier alpha value is -2.67. The number of nitrogens with zero attached hydrogens (tertiary/aromatic N) is 3. The third-order valence-electron chi connectivity index (χ3n) is 3.98. The minimum Gasteiger partial charge on any atom is -0.369 e. The summed E-state index contributed by atoms with van der Waals surface area (Å²) < 4.78 is 16.1. The van der Waals surface area contributed by atoms with Gasteiger partial charge < -0.3 is 5.73 Å². The lowest BCUT2D eigenvalue weighted by Gasteiger charge is -2.14. The van der Waals surface area contributed by atoms with E-state index in [0.29, 0.717) is 23.0 Å². The quantitative estimate of drug-likeness (QED) is 0.671. The van der Waals surface area contributed by atoms with Crippen molar-refractivity contribution >= 4 is 17.7 Å². The molecule has 0 aliphatic carbocycles. The van der Waals surface area contributed by atoms with Crippen LogP contribution in [0.3, 0.4) is 0 Å². The highest BCUT2D eigenvalue weighted by atomic mass is 32.2. The van der Waals surface area contributed by atoms with Crippen molar-refractivity contribution in [3.05, 3.63) is 59.9 Å². The highest BCUT2D eigenvalue weighted by Gasteiger charge is 2.23. The van der Waals surface area contributed by atoms with Crippen LogP contribution in [0.15, 0.2) is 53.7 Å². The lowest BCUT2D eigenvalue weighted by Crippen LogP contribution is -2.25. The van der Waals surface area contributed by atoms with Gasteiger partial charge in [0.2, 0.25) is 5.91 Å². The largest absolute Gasteiger partial charge is 0.369 e. The first-order chi connectivity index (χ1) is 12.5. The molecule has 1 unspecified atom stereocenters. The van der Waals surface area contributed by atoms with Gasteiger partial charge in [0.05, 0.1) is 10.8 Å². The van der Waals surface area contributed by atoms with Crippen LogP contribution in [0.25, 0.3) is 17.1 Å². The van der Waals surface area contributed by atoms with Crippen LogP contribution < -0.4 is 5.73 Å². The van der Waals surface area contributed by atoms with E-state index >= 15 is 0 Å². The molecule has 5 nitrogen and oxygen atoms in total. The molecule has 3 rings (SSSR count). The normalized spacial score (nSPS) is 12.1. The highest BCUT2D eigenvalue weighted by Crippen LogP contribution is 2.32. The van der Waals surface area contributed by atoms with Crippen molar-refractivity contribution in [2.45, 2.75) is 30.7 Å². The number of benzene rings is 2. The lowest BCUT2D eigenvalue weighted by molar-refractivity contribution is -0.117. The van der Waals surface area contributed by atoms with Gasteiger partial charge in [0, 0.05) is 5.69 Å². The molecule has 7 heteroatoms. The van der Waals surface area contributed by atoms with E-state index in [1.165, 1.54) is 17.8 Å². The standard InChI is InChI=1S/C19H19FN4OS/c1-3-16(17(21)25)26-19-23-22-18(14-6-4-5-7-15(14)20)24(19)13-10-8-12(2)9-11-13/h4-11,16H,3H2,1-2H3,(H2,21,25). The number of carbonyl (C=O) groups is 1. The summed E-state index contributed by atoms with van der Waals surface area (Å²) in [6.07, 6.45) is 0.565. The summed E-state index contributed by atoms with van der Waals surface area (Å²) in [5.74, 6) is -0.413. The molecule has 3 aromatic rings. The Bertz CT molecular complexity index is 924. The van der Waals surface area contributed by atoms with Crippen molar-refractivity contribution in [1.29, 1.82) is 0 Å². The molecular formula is C19H19FN4OS. The molecule has 2 N–H and O–H groups in total. The smallest absolute Gasteiger partial charge is 0.231 e. The van der Waals surface area contributed by atoms with Crippen LogP contribution in [0.2, 0.25) is 0 Å². The van der Waals surface area contributed by atoms with Crippen molar-refractivity contribution < 1.29 is 9.18 Å². The van der Waals surface area contributed by atoms with Crippen molar-refractivity contribution in [1.82, 2.24) is 14.8 Å². The van der Waals surface area contributed by atoms with E-state index in [-0.39, 0.29) is 5.82 Å². The fraction of sp³-hybridized carbons (Fsp3) is 0.211. The Morgan fingerprint density at radius 1 is 1.19 bits per heavy atom. The van der Waals surface area contributed by atoms with Crippen molar-refractivity contribution in [2.75, 3.05) is 0 Å². The second kappa shape index (κ2) is 7.70. The second-order valence-corrected chi connectivity index (χ2v) is 7.04. The van der Waals surface area contributed by atoms with Crippen LogP contribution >= 0.6 is 11.8 Å². The van der Waals surface area contributed by atoms with E-state index in [1.807, 2.05) is 38.1 Å². The van der Waals surface area contributed by atoms with Crippen LogP contribution in [0, 0.1) is 12.7 Å². The van der Waals surface area contributed by atoms with Gasteiger partial charge in [-0.3, -0.25) is 9.36 Å². The first-order valence-electron chi connectivity index (χ1n) is 8.24. The Kier molecular flexibility index (Phi) is 5.37. The molecule has 0 aliphatic rings. The Morgan fingerprint density at radius 3 is 2.50 bits per heavy atom. The van der Waals surface area contributed by atoms with Gasteiger partial charge in [-0.1, -0.05) is 48.5 Å². The van der Waals surface area contributed by atoms with Crippen LogP contribution in [0.4, 0.5) is 4.39 Å². The molecule has 1 atom stereocenters. The van der Waals surface area contributed by atoms with Crippen LogP contribution in [-0.2, 0) is 4.79 Å². The molecule has 26 heavy (non-hydrogen) atoms. The summed E-state index contributed by atoms with van der Waals surface area (Å²) in [7, 11) is 0. The van der Waals surface area contributed by atoms with Gasteiger partial charge in [0.15, 0.2) is 11.0 Å². The molecule has 0 aliphatic heterocycles. The molecule has 1 heterocycles. The molecule has 1 aromatic heterocycles. The number of amides is 1. The zero-order valence-corrected chi connectivity index (χ0v) is 15.3. The number of carbonyl (C=O) groups excluding carboxylic acids is 1. The second-order valence-electron chi connectivity index (χ2n) is 5.87. The average molecular weight is 370 g/mol. The Morgan fingerprint density at radius 2 is 1.88 bits per heavy atom. The number of rotatable bonds is 6. The molecule has 2 aromatic carbocycles. The number of aryl methyl sites for hydroxylation is 1. The first-order valence-corrected chi connectivity index (χ1v) is 9.12. The molecule has 0 fully saturated rings. The maximum absolute atomic E-state index is 14.3. The molecule has 0 bridgehead atoms. The minimum atomic E-state index is -0.433. The molecule has 0 saturated carbocycles. The van der Waals surface area contributed by atoms with E-state index in [2.05, 4.69) is 10.2 Å².